The molecule has 2 heterocycles. The normalized spacial score (nSPS) is 22.1. The van der Waals surface area contributed by atoms with Crippen molar-refractivity contribution in [2.45, 2.75) is 59.3 Å². The van der Waals surface area contributed by atoms with Gasteiger partial charge in [-0.2, -0.15) is 0 Å². The lowest BCUT2D eigenvalue weighted by atomic mass is 9.79. The number of rotatable bonds is 2. The lowest BCUT2D eigenvalue weighted by Gasteiger charge is -2.32. The van der Waals surface area contributed by atoms with Gasteiger partial charge in [0.1, 0.15) is 0 Å². The molecule has 1 aliphatic heterocycles. The van der Waals surface area contributed by atoms with Gasteiger partial charge in [0.25, 0.3) is 0 Å². The van der Waals surface area contributed by atoms with Crippen LogP contribution < -0.4 is 5.46 Å². The second-order valence-corrected chi connectivity index (χ2v) is 5.73. The number of aromatic nitrogens is 1. The minimum atomic E-state index is -0.265. The summed E-state index contributed by atoms with van der Waals surface area (Å²) in [5.74, 6) is 0. The highest BCUT2D eigenvalue weighted by atomic mass is 16.7. The van der Waals surface area contributed by atoms with E-state index in [0.29, 0.717) is 0 Å². The molecule has 1 fully saturated rings. The van der Waals surface area contributed by atoms with Crippen molar-refractivity contribution in [3.8, 4) is 0 Å². The lowest BCUT2D eigenvalue weighted by molar-refractivity contribution is 0.00578. The molecule has 2 rings (SSSR count). The largest absolute Gasteiger partial charge is 0.496 e. The first-order chi connectivity index (χ1) is 7.78. The molecule has 3 nitrogen and oxygen atoms in total. The third kappa shape index (κ3) is 1.93. The van der Waals surface area contributed by atoms with Gasteiger partial charge in [-0.1, -0.05) is 0 Å². The average molecular weight is 235 g/mol. The predicted molar refractivity (Wildman–Crippen MR) is 70.6 cm³/mol. The molecule has 0 aromatic carbocycles. The molecular weight excluding hydrogens is 213 g/mol. The number of hydrogen-bond donors (Lipinski definition) is 0. The Balaban J connectivity index is 2.29. The van der Waals surface area contributed by atoms with Crippen LogP contribution in [0.4, 0.5) is 0 Å². The summed E-state index contributed by atoms with van der Waals surface area (Å²) in [5, 5.41) is 0. The van der Waals surface area contributed by atoms with Gasteiger partial charge in [-0.05, 0) is 47.6 Å². The van der Waals surface area contributed by atoms with Crippen molar-refractivity contribution in [1.29, 1.82) is 0 Å². The lowest BCUT2D eigenvalue weighted by Crippen LogP contribution is -2.41. The summed E-state index contributed by atoms with van der Waals surface area (Å²) in [4.78, 5) is 0. The molecule has 0 unspecified atom stereocenters. The highest BCUT2D eigenvalue weighted by molar-refractivity contribution is 6.62. The fourth-order valence-corrected chi connectivity index (χ4v) is 2.13. The Labute approximate surface area is 104 Å². The molecular formula is C13H22BNO2. The standard InChI is InChI=1S/C13H22BNO2/c1-7-15-9-8-11(10(15)2)14-16-12(3,4)13(5,6)17-14/h8-9H,7H2,1-6H3. The molecule has 17 heavy (non-hydrogen) atoms. The van der Waals surface area contributed by atoms with Crippen LogP contribution in [-0.4, -0.2) is 22.9 Å². The second-order valence-electron chi connectivity index (χ2n) is 5.73. The van der Waals surface area contributed by atoms with E-state index in [1.807, 2.05) is 0 Å². The first-order valence-electron chi connectivity index (χ1n) is 6.30. The molecule has 0 amide bonds. The van der Waals surface area contributed by atoms with Crippen molar-refractivity contribution < 1.29 is 9.31 Å². The Hall–Kier alpha value is -0.735. The zero-order chi connectivity index (χ0) is 12.8. The van der Waals surface area contributed by atoms with Gasteiger partial charge >= 0.3 is 7.12 Å². The maximum atomic E-state index is 6.05. The van der Waals surface area contributed by atoms with Gasteiger partial charge in [0, 0.05) is 23.9 Å². The molecule has 4 heteroatoms. The fourth-order valence-electron chi connectivity index (χ4n) is 2.13. The van der Waals surface area contributed by atoms with Gasteiger partial charge in [0.15, 0.2) is 0 Å². The van der Waals surface area contributed by atoms with E-state index in [0.717, 1.165) is 12.0 Å². The monoisotopic (exact) mass is 235 g/mol. The van der Waals surface area contributed by atoms with E-state index in [2.05, 4.69) is 58.4 Å². The van der Waals surface area contributed by atoms with Crippen LogP contribution in [0.2, 0.25) is 0 Å². The third-order valence-corrected chi connectivity index (χ3v) is 4.13. The van der Waals surface area contributed by atoms with E-state index >= 15 is 0 Å². The van der Waals surface area contributed by atoms with Crippen LogP contribution in [0.25, 0.3) is 0 Å². The quantitative estimate of drug-likeness (QED) is 0.733. The van der Waals surface area contributed by atoms with Crippen LogP contribution in [0.15, 0.2) is 12.3 Å². The average Bonchev–Trinajstić information content (AvgIpc) is 2.65. The molecule has 1 aliphatic rings. The van der Waals surface area contributed by atoms with Crippen LogP contribution in [0.3, 0.4) is 0 Å². The van der Waals surface area contributed by atoms with E-state index < -0.39 is 0 Å². The molecule has 0 spiro atoms. The predicted octanol–water partition coefficient (Wildman–Crippen LogP) is 2.12. The summed E-state index contributed by atoms with van der Waals surface area (Å²) in [7, 11) is -0.243. The van der Waals surface area contributed by atoms with E-state index in [9.17, 15) is 0 Å². The zero-order valence-electron chi connectivity index (χ0n) is 11.7. The van der Waals surface area contributed by atoms with E-state index in [1.54, 1.807) is 0 Å². The van der Waals surface area contributed by atoms with E-state index in [1.165, 1.54) is 5.69 Å². The zero-order valence-corrected chi connectivity index (χ0v) is 11.7. The van der Waals surface area contributed by atoms with Crippen LogP contribution in [0, 0.1) is 6.92 Å². The number of nitrogens with zero attached hydrogens (tertiary/aromatic N) is 1. The van der Waals surface area contributed by atoms with Crippen molar-refractivity contribution in [2.24, 2.45) is 0 Å². The van der Waals surface area contributed by atoms with Gasteiger partial charge in [0.2, 0.25) is 0 Å². The Bertz CT molecular complexity index is 407. The number of aryl methyl sites for hydroxylation is 1. The first-order valence-corrected chi connectivity index (χ1v) is 6.30. The van der Waals surface area contributed by atoms with Crippen LogP contribution >= 0.6 is 0 Å². The second kappa shape index (κ2) is 3.89. The summed E-state index contributed by atoms with van der Waals surface area (Å²) < 4.78 is 14.3. The van der Waals surface area contributed by atoms with Crippen molar-refractivity contribution in [1.82, 2.24) is 4.57 Å². The summed E-state index contributed by atoms with van der Waals surface area (Å²) in [5.41, 5.74) is 1.84. The summed E-state index contributed by atoms with van der Waals surface area (Å²) in [6.45, 7) is 13.6. The molecule has 0 radical (unpaired) electrons. The van der Waals surface area contributed by atoms with Gasteiger partial charge in [-0.25, -0.2) is 0 Å². The van der Waals surface area contributed by atoms with Crippen LogP contribution in [0.1, 0.15) is 40.3 Å². The molecule has 94 valence electrons. The Morgan fingerprint density at radius 2 is 1.71 bits per heavy atom. The molecule has 0 atom stereocenters. The smallest absolute Gasteiger partial charge is 0.399 e. The third-order valence-electron chi connectivity index (χ3n) is 4.13. The highest BCUT2D eigenvalue weighted by Crippen LogP contribution is 2.36. The van der Waals surface area contributed by atoms with E-state index in [-0.39, 0.29) is 18.3 Å². The molecule has 0 N–H and O–H groups in total. The highest BCUT2D eigenvalue weighted by Gasteiger charge is 2.52. The van der Waals surface area contributed by atoms with Crippen LogP contribution in [0.5, 0.6) is 0 Å². The fraction of sp³-hybridized carbons (Fsp3) is 0.692. The molecule has 0 bridgehead atoms. The Morgan fingerprint density at radius 3 is 2.12 bits per heavy atom. The molecule has 1 aromatic rings. The summed E-state index contributed by atoms with van der Waals surface area (Å²) >= 11 is 0. The van der Waals surface area contributed by atoms with Crippen molar-refractivity contribution in [2.75, 3.05) is 0 Å². The minimum Gasteiger partial charge on any atom is -0.399 e. The van der Waals surface area contributed by atoms with Crippen LogP contribution in [-0.2, 0) is 15.9 Å². The van der Waals surface area contributed by atoms with Crippen molar-refractivity contribution in [3.63, 3.8) is 0 Å². The maximum Gasteiger partial charge on any atom is 0.496 e. The molecule has 0 saturated carbocycles. The van der Waals surface area contributed by atoms with Gasteiger partial charge < -0.3 is 13.9 Å². The van der Waals surface area contributed by atoms with Gasteiger partial charge in [0.05, 0.1) is 11.2 Å². The topological polar surface area (TPSA) is 23.4 Å². The maximum absolute atomic E-state index is 6.05. The molecule has 0 aliphatic carbocycles. The Kier molecular flexibility index (Phi) is 2.91. The number of hydrogen-bond acceptors (Lipinski definition) is 2. The van der Waals surface area contributed by atoms with Gasteiger partial charge in [-0.3, -0.25) is 0 Å². The SMILES string of the molecule is CCn1ccc(B2OC(C)(C)C(C)(C)O2)c1C. The summed E-state index contributed by atoms with van der Waals surface area (Å²) in [6.07, 6.45) is 2.09. The Morgan fingerprint density at radius 1 is 1.18 bits per heavy atom. The molecule has 1 saturated heterocycles. The minimum absolute atomic E-state index is 0.243. The van der Waals surface area contributed by atoms with Gasteiger partial charge in [-0.15, -0.1) is 0 Å². The first kappa shape index (κ1) is 12.7. The molecule has 1 aromatic heterocycles. The van der Waals surface area contributed by atoms with Crippen molar-refractivity contribution >= 4 is 12.6 Å². The van der Waals surface area contributed by atoms with Crippen molar-refractivity contribution in [3.05, 3.63) is 18.0 Å². The van der Waals surface area contributed by atoms with E-state index in [4.69, 9.17) is 9.31 Å². The summed E-state index contributed by atoms with van der Waals surface area (Å²) in [6, 6.07) is 2.10.